The van der Waals surface area contributed by atoms with E-state index in [0.29, 0.717) is 12.1 Å². The molecular formula is C18H36N2O2. The summed E-state index contributed by atoms with van der Waals surface area (Å²) < 4.78 is 5.32. The third-order valence-electron chi connectivity index (χ3n) is 4.42. The van der Waals surface area contributed by atoms with Gasteiger partial charge in [0.05, 0.1) is 0 Å². The average Bonchev–Trinajstić information content (AvgIpc) is 2.38. The molecule has 0 saturated heterocycles. The summed E-state index contributed by atoms with van der Waals surface area (Å²) in [5.74, 6) is 0.785. The summed E-state index contributed by atoms with van der Waals surface area (Å²) in [5, 5.41) is 6.75. The lowest BCUT2D eigenvalue weighted by atomic mass is 9.90. The highest BCUT2D eigenvalue weighted by Crippen LogP contribution is 2.21. The largest absolute Gasteiger partial charge is 0.444 e. The van der Waals surface area contributed by atoms with Crippen LogP contribution in [0.15, 0.2) is 0 Å². The van der Waals surface area contributed by atoms with E-state index < -0.39 is 5.60 Å². The summed E-state index contributed by atoms with van der Waals surface area (Å²) in [5.41, 5.74) is -0.422. The minimum absolute atomic E-state index is 0.262. The third kappa shape index (κ3) is 8.02. The molecule has 1 aliphatic rings. The highest BCUT2D eigenvalue weighted by molar-refractivity contribution is 5.68. The molecule has 130 valence electrons. The molecule has 1 amide bonds. The van der Waals surface area contributed by atoms with Crippen LogP contribution in [0.1, 0.15) is 80.1 Å². The van der Waals surface area contributed by atoms with Crippen molar-refractivity contribution in [3.8, 4) is 0 Å². The molecular weight excluding hydrogens is 276 g/mol. The second-order valence-electron chi connectivity index (χ2n) is 8.01. The molecule has 0 heterocycles. The minimum Gasteiger partial charge on any atom is -0.444 e. The molecule has 0 radical (unpaired) electrons. The summed E-state index contributed by atoms with van der Waals surface area (Å²) in [6.45, 7) is 12.5. The zero-order chi connectivity index (χ0) is 16.8. The van der Waals surface area contributed by atoms with Gasteiger partial charge in [0.1, 0.15) is 5.60 Å². The van der Waals surface area contributed by atoms with E-state index in [1.54, 1.807) is 0 Å². The van der Waals surface area contributed by atoms with E-state index in [2.05, 4.69) is 31.4 Å². The topological polar surface area (TPSA) is 50.4 Å². The van der Waals surface area contributed by atoms with Crippen molar-refractivity contribution in [1.82, 2.24) is 10.6 Å². The van der Waals surface area contributed by atoms with Gasteiger partial charge in [-0.05, 0) is 65.7 Å². The van der Waals surface area contributed by atoms with Crippen molar-refractivity contribution in [2.24, 2.45) is 5.92 Å². The molecule has 0 aromatic heterocycles. The van der Waals surface area contributed by atoms with Gasteiger partial charge in [-0.25, -0.2) is 4.79 Å². The van der Waals surface area contributed by atoms with Gasteiger partial charge in [-0.3, -0.25) is 0 Å². The number of nitrogens with one attached hydrogen (secondary N) is 2. The first-order chi connectivity index (χ1) is 10.2. The summed E-state index contributed by atoms with van der Waals surface area (Å²) in [6.07, 6.45) is 6.54. The van der Waals surface area contributed by atoms with Gasteiger partial charge in [0.15, 0.2) is 0 Å². The van der Waals surface area contributed by atoms with Gasteiger partial charge < -0.3 is 15.4 Å². The molecule has 1 saturated carbocycles. The lowest BCUT2D eigenvalue weighted by Crippen LogP contribution is -2.45. The first-order valence-corrected chi connectivity index (χ1v) is 8.95. The molecule has 2 N–H and O–H groups in total. The number of rotatable bonds is 6. The molecule has 0 spiro atoms. The zero-order valence-electron chi connectivity index (χ0n) is 15.4. The van der Waals surface area contributed by atoms with Crippen molar-refractivity contribution in [2.45, 2.75) is 104 Å². The molecule has 0 aromatic carbocycles. The third-order valence-corrected chi connectivity index (χ3v) is 4.42. The van der Waals surface area contributed by atoms with Crippen LogP contribution in [0.3, 0.4) is 0 Å². The van der Waals surface area contributed by atoms with Gasteiger partial charge in [-0.1, -0.05) is 20.3 Å². The maximum absolute atomic E-state index is 11.8. The van der Waals surface area contributed by atoms with Gasteiger partial charge in [-0.2, -0.15) is 0 Å². The summed E-state index contributed by atoms with van der Waals surface area (Å²) in [4.78, 5) is 11.8. The fourth-order valence-corrected chi connectivity index (χ4v) is 3.12. The first kappa shape index (κ1) is 19.3. The molecule has 0 aromatic rings. The summed E-state index contributed by atoms with van der Waals surface area (Å²) in [6, 6.07) is 1.43. The van der Waals surface area contributed by atoms with Crippen molar-refractivity contribution in [3.05, 3.63) is 0 Å². The van der Waals surface area contributed by atoms with Crippen LogP contribution in [0.25, 0.3) is 0 Å². The summed E-state index contributed by atoms with van der Waals surface area (Å²) in [7, 11) is 0. The van der Waals surface area contributed by atoms with Gasteiger partial charge in [0, 0.05) is 18.1 Å². The second kappa shape index (κ2) is 8.76. The van der Waals surface area contributed by atoms with Crippen LogP contribution in [0.4, 0.5) is 4.79 Å². The van der Waals surface area contributed by atoms with Crippen LogP contribution in [0.5, 0.6) is 0 Å². The fraction of sp³-hybridized carbons (Fsp3) is 0.944. The highest BCUT2D eigenvalue weighted by Gasteiger charge is 2.25. The van der Waals surface area contributed by atoms with E-state index >= 15 is 0 Å². The Kier molecular flexibility index (Phi) is 7.67. The smallest absolute Gasteiger partial charge is 0.407 e. The monoisotopic (exact) mass is 312 g/mol. The lowest BCUT2D eigenvalue weighted by molar-refractivity contribution is 0.0489. The molecule has 2 unspecified atom stereocenters. The van der Waals surface area contributed by atoms with Crippen LogP contribution in [-0.4, -0.2) is 29.8 Å². The average molecular weight is 312 g/mol. The maximum atomic E-state index is 11.8. The Hall–Kier alpha value is -0.770. The fourth-order valence-electron chi connectivity index (χ4n) is 3.12. The number of ether oxygens (including phenoxy) is 1. The van der Waals surface area contributed by atoms with Crippen molar-refractivity contribution in [1.29, 1.82) is 0 Å². The predicted molar refractivity (Wildman–Crippen MR) is 92.1 cm³/mol. The summed E-state index contributed by atoms with van der Waals surface area (Å²) >= 11 is 0. The molecule has 0 bridgehead atoms. The Morgan fingerprint density at radius 3 is 2.18 bits per heavy atom. The van der Waals surface area contributed by atoms with Crippen molar-refractivity contribution < 1.29 is 9.53 Å². The predicted octanol–water partition coefficient (Wildman–Crippen LogP) is 4.24. The van der Waals surface area contributed by atoms with Gasteiger partial charge in [0.2, 0.25) is 0 Å². The van der Waals surface area contributed by atoms with E-state index in [4.69, 9.17) is 4.74 Å². The van der Waals surface area contributed by atoms with E-state index in [0.717, 1.165) is 31.6 Å². The van der Waals surface area contributed by atoms with Crippen molar-refractivity contribution in [2.75, 3.05) is 0 Å². The first-order valence-electron chi connectivity index (χ1n) is 8.95. The van der Waals surface area contributed by atoms with Crippen LogP contribution in [0.2, 0.25) is 0 Å². The number of carbonyl (C=O) groups excluding carboxylic acids is 1. The quantitative estimate of drug-likeness (QED) is 0.771. The molecule has 1 rings (SSSR count). The Morgan fingerprint density at radius 2 is 1.68 bits per heavy atom. The van der Waals surface area contributed by atoms with Crippen LogP contribution >= 0.6 is 0 Å². The number of hydrogen-bond donors (Lipinski definition) is 2. The number of alkyl carbamates (subject to hydrolysis) is 1. The standard InChI is InChI=1S/C18H36N2O2/c1-7-13(2)12-14(3)19-15-8-10-16(11-9-15)20-17(21)22-18(4,5)6/h13-16,19H,7-12H2,1-6H3,(H,20,21). The Morgan fingerprint density at radius 1 is 1.14 bits per heavy atom. The Bertz CT molecular complexity index is 330. The molecule has 1 fully saturated rings. The molecule has 2 atom stereocenters. The molecule has 4 nitrogen and oxygen atoms in total. The van der Waals surface area contributed by atoms with Crippen LogP contribution in [0, 0.1) is 5.92 Å². The second-order valence-corrected chi connectivity index (χ2v) is 8.01. The van der Waals surface area contributed by atoms with Crippen LogP contribution < -0.4 is 10.6 Å². The van der Waals surface area contributed by atoms with E-state index in [9.17, 15) is 4.79 Å². The van der Waals surface area contributed by atoms with Gasteiger partial charge >= 0.3 is 6.09 Å². The minimum atomic E-state index is -0.422. The van der Waals surface area contributed by atoms with E-state index in [-0.39, 0.29) is 12.1 Å². The van der Waals surface area contributed by atoms with Gasteiger partial charge in [-0.15, -0.1) is 0 Å². The Balaban J connectivity index is 2.24. The Labute approximate surface area is 136 Å². The SMILES string of the molecule is CCC(C)CC(C)NC1CCC(NC(=O)OC(C)(C)C)CC1. The molecule has 22 heavy (non-hydrogen) atoms. The van der Waals surface area contributed by atoms with Crippen molar-refractivity contribution >= 4 is 6.09 Å². The number of amides is 1. The highest BCUT2D eigenvalue weighted by atomic mass is 16.6. The maximum Gasteiger partial charge on any atom is 0.407 e. The van der Waals surface area contributed by atoms with Gasteiger partial charge in [0.25, 0.3) is 0 Å². The molecule has 4 heteroatoms. The zero-order valence-corrected chi connectivity index (χ0v) is 15.4. The lowest BCUT2D eigenvalue weighted by Gasteiger charge is -2.32. The van der Waals surface area contributed by atoms with E-state index in [1.165, 1.54) is 12.8 Å². The molecule has 1 aliphatic carbocycles. The van der Waals surface area contributed by atoms with E-state index in [1.807, 2.05) is 20.8 Å². The van der Waals surface area contributed by atoms with Crippen LogP contribution in [-0.2, 0) is 4.74 Å². The molecule has 0 aliphatic heterocycles. The number of hydrogen-bond acceptors (Lipinski definition) is 3. The normalized spacial score (nSPS) is 25.4. The number of carbonyl (C=O) groups is 1. The van der Waals surface area contributed by atoms with Crippen molar-refractivity contribution in [3.63, 3.8) is 0 Å².